The Hall–Kier alpha value is -1.30. The molecule has 1 heterocycles. The number of nitrogens with one attached hydrogen (secondary N) is 1. The predicted molar refractivity (Wildman–Crippen MR) is 66.8 cm³/mol. The summed E-state index contributed by atoms with van der Waals surface area (Å²) in [6.45, 7) is 6.46. The number of carbonyl (C=O) groups excluding carboxylic acids is 1. The van der Waals surface area contributed by atoms with Crippen LogP contribution in [0.2, 0.25) is 0 Å². The summed E-state index contributed by atoms with van der Waals surface area (Å²) in [4.78, 5) is 23.1. The lowest BCUT2D eigenvalue weighted by atomic mass is 9.92. The van der Waals surface area contributed by atoms with Gasteiger partial charge in [0.2, 0.25) is 0 Å². The van der Waals surface area contributed by atoms with Crippen molar-refractivity contribution >= 4 is 12.1 Å². The second-order valence-corrected chi connectivity index (χ2v) is 6.50. The van der Waals surface area contributed by atoms with Crippen molar-refractivity contribution in [1.29, 1.82) is 0 Å². The summed E-state index contributed by atoms with van der Waals surface area (Å²) in [5.41, 5.74) is -1.77. The molecule has 1 amide bonds. The number of rotatable bonds is 3. The van der Waals surface area contributed by atoms with E-state index in [0.717, 1.165) is 6.42 Å². The number of hydrogen-bond acceptors (Lipinski definition) is 4. The Morgan fingerprint density at radius 3 is 2.58 bits per heavy atom. The van der Waals surface area contributed by atoms with Crippen molar-refractivity contribution in [3.8, 4) is 0 Å². The molecular formula is C13H21NO5. The van der Waals surface area contributed by atoms with Crippen LogP contribution in [0.1, 0.15) is 33.6 Å². The van der Waals surface area contributed by atoms with Crippen LogP contribution in [0.5, 0.6) is 0 Å². The minimum absolute atomic E-state index is 0.0978. The van der Waals surface area contributed by atoms with Gasteiger partial charge in [-0.1, -0.05) is 0 Å². The molecule has 2 N–H and O–H groups in total. The van der Waals surface area contributed by atoms with Gasteiger partial charge in [0.25, 0.3) is 0 Å². The van der Waals surface area contributed by atoms with Crippen molar-refractivity contribution in [2.45, 2.75) is 39.2 Å². The third-order valence-corrected chi connectivity index (χ3v) is 3.98. The van der Waals surface area contributed by atoms with Gasteiger partial charge in [0.05, 0.1) is 12.0 Å². The average Bonchev–Trinajstić information content (AvgIpc) is 2.60. The molecule has 1 aliphatic carbocycles. The zero-order valence-corrected chi connectivity index (χ0v) is 11.6. The van der Waals surface area contributed by atoms with Gasteiger partial charge in [-0.2, -0.15) is 0 Å². The summed E-state index contributed by atoms with van der Waals surface area (Å²) in [6, 6.07) is 0. The summed E-state index contributed by atoms with van der Waals surface area (Å²) >= 11 is 0. The minimum Gasteiger partial charge on any atom is -0.481 e. The fourth-order valence-corrected chi connectivity index (χ4v) is 2.82. The summed E-state index contributed by atoms with van der Waals surface area (Å²) in [5, 5.41) is 12.0. The zero-order chi connectivity index (χ0) is 14.3. The van der Waals surface area contributed by atoms with E-state index in [0.29, 0.717) is 19.6 Å². The molecule has 19 heavy (non-hydrogen) atoms. The van der Waals surface area contributed by atoms with Gasteiger partial charge in [-0.05, 0) is 33.6 Å². The number of hydrogen-bond donors (Lipinski definition) is 2. The average molecular weight is 271 g/mol. The van der Waals surface area contributed by atoms with Gasteiger partial charge in [-0.25, -0.2) is 4.79 Å². The van der Waals surface area contributed by atoms with E-state index in [1.165, 1.54) is 0 Å². The Bertz CT molecular complexity index is 394. The molecule has 0 aromatic heterocycles. The number of amides is 1. The van der Waals surface area contributed by atoms with Crippen LogP contribution in [0.15, 0.2) is 0 Å². The highest BCUT2D eigenvalue weighted by Gasteiger charge is 2.73. The summed E-state index contributed by atoms with van der Waals surface area (Å²) in [7, 11) is 0. The van der Waals surface area contributed by atoms with Crippen LogP contribution in [0.4, 0.5) is 4.79 Å². The molecule has 1 spiro atoms. The summed E-state index contributed by atoms with van der Waals surface area (Å²) < 4.78 is 10.4. The highest BCUT2D eigenvalue weighted by atomic mass is 16.6. The molecule has 2 atom stereocenters. The molecule has 1 saturated heterocycles. The van der Waals surface area contributed by atoms with E-state index >= 15 is 0 Å². The van der Waals surface area contributed by atoms with Crippen LogP contribution in [-0.4, -0.2) is 42.5 Å². The van der Waals surface area contributed by atoms with E-state index in [1.807, 2.05) is 0 Å². The first-order valence-electron chi connectivity index (χ1n) is 6.49. The fraction of sp³-hybridized carbons (Fsp3) is 0.846. The van der Waals surface area contributed by atoms with E-state index in [1.54, 1.807) is 20.8 Å². The van der Waals surface area contributed by atoms with Gasteiger partial charge in [-0.15, -0.1) is 0 Å². The van der Waals surface area contributed by atoms with Crippen molar-refractivity contribution in [1.82, 2.24) is 5.32 Å². The predicted octanol–water partition coefficient (Wildman–Crippen LogP) is 1.39. The first-order valence-corrected chi connectivity index (χ1v) is 6.49. The highest BCUT2D eigenvalue weighted by molar-refractivity contribution is 5.81. The Labute approximate surface area is 112 Å². The Morgan fingerprint density at radius 1 is 1.42 bits per heavy atom. The van der Waals surface area contributed by atoms with Crippen molar-refractivity contribution < 1.29 is 24.2 Å². The topological polar surface area (TPSA) is 84.9 Å². The molecule has 2 rings (SSSR count). The molecule has 0 aromatic rings. The smallest absolute Gasteiger partial charge is 0.407 e. The summed E-state index contributed by atoms with van der Waals surface area (Å²) in [5.74, 6) is -0.867. The van der Waals surface area contributed by atoms with Gasteiger partial charge < -0.3 is 19.9 Å². The number of carboxylic acids is 1. The molecule has 0 radical (unpaired) electrons. The maximum Gasteiger partial charge on any atom is 0.407 e. The van der Waals surface area contributed by atoms with E-state index < -0.39 is 23.1 Å². The van der Waals surface area contributed by atoms with E-state index in [4.69, 9.17) is 9.47 Å². The standard InChI is InChI=1S/C13H21NO5/c1-11(2,3)19-10(17)14-7-13(9(15)16)6-12(13)4-5-18-8-12/h4-8H2,1-3H3,(H,14,17)(H,15,16). The number of carboxylic acid groups (broad SMARTS) is 1. The lowest BCUT2D eigenvalue weighted by molar-refractivity contribution is -0.144. The highest BCUT2D eigenvalue weighted by Crippen LogP contribution is 2.67. The lowest BCUT2D eigenvalue weighted by Crippen LogP contribution is -2.40. The molecule has 6 nitrogen and oxygen atoms in total. The van der Waals surface area contributed by atoms with Crippen LogP contribution in [-0.2, 0) is 14.3 Å². The molecule has 2 unspecified atom stereocenters. The van der Waals surface area contributed by atoms with Gasteiger partial charge in [-0.3, -0.25) is 4.79 Å². The van der Waals surface area contributed by atoms with Gasteiger partial charge >= 0.3 is 12.1 Å². The first-order chi connectivity index (χ1) is 8.71. The third-order valence-electron chi connectivity index (χ3n) is 3.98. The number of alkyl carbamates (subject to hydrolysis) is 1. The lowest BCUT2D eigenvalue weighted by Gasteiger charge is -2.22. The molecule has 108 valence electrons. The molecule has 0 bridgehead atoms. The van der Waals surface area contributed by atoms with Crippen LogP contribution in [0.25, 0.3) is 0 Å². The largest absolute Gasteiger partial charge is 0.481 e. The van der Waals surface area contributed by atoms with Crippen molar-refractivity contribution in [3.63, 3.8) is 0 Å². The van der Waals surface area contributed by atoms with E-state index in [2.05, 4.69) is 5.32 Å². The number of ether oxygens (including phenoxy) is 2. The van der Waals surface area contributed by atoms with Crippen molar-refractivity contribution in [2.24, 2.45) is 10.8 Å². The SMILES string of the molecule is CC(C)(C)OC(=O)NCC1(C(=O)O)CC12CCOC2. The van der Waals surface area contributed by atoms with Gasteiger partial charge in [0.15, 0.2) is 0 Å². The normalized spacial score (nSPS) is 33.2. The fourth-order valence-electron chi connectivity index (χ4n) is 2.82. The second kappa shape index (κ2) is 4.37. The maximum absolute atomic E-state index is 11.6. The first kappa shape index (κ1) is 14.1. The van der Waals surface area contributed by atoms with Gasteiger partial charge in [0, 0.05) is 18.6 Å². The third kappa shape index (κ3) is 2.54. The summed E-state index contributed by atoms with van der Waals surface area (Å²) in [6.07, 6.45) is 0.731. The van der Waals surface area contributed by atoms with Crippen LogP contribution < -0.4 is 5.32 Å². The molecule has 2 fully saturated rings. The van der Waals surface area contributed by atoms with E-state index in [-0.39, 0.29) is 12.0 Å². The Kier molecular flexibility index (Phi) is 3.24. The maximum atomic E-state index is 11.6. The zero-order valence-electron chi connectivity index (χ0n) is 11.6. The van der Waals surface area contributed by atoms with Crippen LogP contribution in [0.3, 0.4) is 0 Å². The van der Waals surface area contributed by atoms with Gasteiger partial charge in [0.1, 0.15) is 5.60 Å². The van der Waals surface area contributed by atoms with Crippen LogP contribution >= 0.6 is 0 Å². The molecule has 0 aromatic carbocycles. The minimum atomic E-state index is -0.888. The van der Waals surface area contributed by atoms with Crippen LogP contribution in [0, 0.1) is 10.8 Å². The molecule has 1 aliphatic heterocycles. The molecule has 2 aliphatic rings. The van der Waals surface area contributed by atoms with E-state index in [9.17, 15) is 14.7 Å². The van der Waals surface area contributed by atoms with Crippen molar-refractivity contribution in [2.75, 3.05) is 19.8 Å². The molecule has 6 heteroatoms. The number of aliphatic carboxylic acids is 1. The monoisotopic (exact) mass is 271 g/mol. The second-order valence-electron chi connectivity index (χ2n) is 6.50. The number of carbonyl (C=O) groups is 2. The van der Waals surface area contributed by atoms with Crippen molar-refractivity contribution in [3.05, 3.63) is 0 Å². The Balaban J connectivity index is 1.94. The quantitative estimate of drug-likeness (QED) is 0.810. The Morgan fingerprint density at radius 2 is 2.11 bits per heavy atom. The molecule has 1 saturated carbocycles. The molecular weight excluding hydrogens is 250 g/mol.